The minimum absolute atomic E-state index is 0.218. The molecule has 0 fully saturated rings. The van der Waals surface area contributed by atoms with Crippen LogP contribution in [-0.4, -0.2) is 19.7 Å². The van der Waals surface area contributed by atoms with E-state index in [4.69, 9.17) is 4.52 Å². The molecule has 0 N–H and O–H groups in total. The number of benzene rings is 2. The van der Waals surface area contributed by atoms with E-state index in [2.05, 4.69) is 15.1 Å². The highest BCUT2D eigenvalue weighted by Gasteiger charge is 2.17. The van der Waals surface area contributed by atoms with Crippen LogP contribution in [0.4, 0.5) is 4.39 Å². The molecule has 2 aromatic carbocycles. The Kier molecular flexibility index (Phi) is 3.98. The van der Waals surface area contributed by atoms with Gasteiger partial charge in [0.25, 0.3) is 11.4 Å². The number of hydrogen-bond acceptors (Lipinski definition) is 5. The Labute approximate surface area is 163 Å². The molecule has 6 nitrogen and oxygen atoms in total. The van der Waals surface area contributed by atoms with Crippen molar-refractivity contribution in [2.24, 2.45) is 0 Å². The van der Waals surface area contributed by atoms with Crippen molar-refractivity contribution in [2.45, 2.75) is 0 Å². The largest absolute Gasteiger partial charge is 0.334 e. The van der Waals surface area contributed by atoms with Gasteiger partial charge in [0, 0.05) is 40.6 Å². The van der Waals surface area contributed by atoms with Gasteiger partial charge in [-0.25, -0.2) is 4.39 Å². The number of pyridine rings is 2. The summed E-state index contributed by atoms with van der Waals surface area (Å²) < 4.78 is 20.3. The quantitative estimate of drug-likeness (QED) is 0.465. The van der Waals surface area contributed by atoms with Crippen LogP contribution >= 0.6 is 0 Å². The van der Waals surface area contributed by atoms with Crippen molar-refractivity contribution in [2.75, 3.05) is 0 Å². The number of hydrogen-bond donors (Lipinski definition) is 0. The van der Waals surface area contributed by atoms with Crippen LogP contribution in [0.25, 0.3) is 39.3 Å². The van der Waals surface area contributed by atoms with Gasteiger partial charge in [-0.05, 0) is 42.5 Å². The van der Waals surface area contributed by atoms with Gasteiger partial charge in [0.1, 0.15) is 5.82 Å². The Bertz CT molecular complexity index is 1380. The van der Waals surface area contributed by atoms with Crippen molar-refractivity contribution in [3.63, 3.8) is 0 Å². The third kappa shape index (κ3) is 2.98. The lowest BCUT2D eigenvalue weighted by Gasteiger charge is -2.10. The fourth-order valence-electron chi connectivity index (χ4n) is 3.21. The van der Waals surface area contributed by atoms with Gasteiger partial charge in [0.15, 0.2) is 0 Å². The van der Waals surface area contributed by atoms with Crippen LogP contribution < -0.4 is 5.56 Å². The number of aromatic nitrogens is 4. The van der Waals surface area contributed by atoms with E-state index in [9.17, 15) is 9.18 Å². The van der Waals surface area contributed by atoms with Crippen LogP contribution in [0.2, 0.25) is 0 Å². The summed E-state index contributed by atoms with van der Waals surface area (Å²) in [4.78, 5) is 21.5. The summed E-state index contributed by atoms with van der Waals surface area (Å²) in [5.74, 6) is 0.330. The Balaban J connectivity index is 1.74. The minimum Gasteiger partial charge on any atom is -0.334 e. The fraction of sp³-hybridized carbons (Fsp3) is 0. The zero-order chi connectivity index (χ0) is 19.8. The summed E-state index contributed by atoms with van der Waals surface area (Å²) in [7, 11) is 0. The zero-order valence-corrected chi connectivity index (χ0v) is 15.0. The molecule has 0 saturated heterocycles. The first-order valence-electron chi connectivity index (χ1n) is 8.85. The molecule has 0 saturated carbocycles. The molecular weight excluding hydrogens is 371 g/mol. The lowest BCUT2D eigenvalue weighted by molar-refractivity contribution is 0.432. The maximum atomic E-state index is 13.3. The number of fused-ring (bicyclic) bond motifs is 1. The van der Waals surface area contributed by atoms with Crippen molar-refractivity contribution in [1.82, 2.24) is 19.7 Å². The second-order valence-electron chi connectivity index (χ2n) is 6.40. The number of halogens is 1. The third-order valence-corrected chi connectivity index (χ3v) is 4.62. The van der Waals surface area contributed by atoms with E-state index in [0.29, 0.717) is 27.8 Å². The molecule has 3 heterocycles. The maximum Gasteiger partial charge on any atom is 0.262 e. The van der Waals surface area contributed by atoms with Gasteiger partial charge >= 0.3 is 0 Å². The molecule has 140 valence electrons. The predicted octanol–water partition coefficient (Wildman–Crippen LogP) is 4.24. The van der Waals surface area contributed by atoms with Crippen LogP contribution in [-0.2, 0) is 0 Å². The molecule has 0 atom stereocenters. The molecule has 5 aromatic rings. The highest BCUT2D eigenvalue weighted by molar-refractivity contribution is 5.94. The van der Waals surface area contributed by atoms with Crippen molar-refractivity contribution in [3.8, 4) is 28.5 Å². The van der Waals surface area contributed by atoms with Gasteiger partial charge in [0.2, 0.25) is 5.82 Å². The van der Waals surface area contributed by atoms with E-state index < -0.39 is 0 Å². The van der Waals surface area contributed by atoms with Crippen molar-refractivity contribution >= 4 is 10.8 Å². The molecule has 0 amide bonds. The Hall–Kier alpha value is -4.13. The summed E-state index contributed by atoms with van der Waals surface area (Å²) in [5, 5.41) is 5.25. The minimum atomic E-state index is -0.373. The molecular formula is C22H13FN4O2. The molecule has 0 bridgehead atoms. The van der Waals surface area contributed by atoms with Gasteiger partial charge in [0.05, 0.1) is 5.56 Å². The molecule has 0 radical (unpaired) electrons. The predicted molar refractivity (Wildman–Crippen MR) is 106 cm³/mol. The van der Waals surface area contributed by atoms with Crippen LogP contribution in [0.5, 0.6) is 0 Å². The molecule has 0 aliphatic carbocycles. The Morgan fingerprint density at radius 3 is 2.38 bits per heavy atom. The molecule has 0 aliphatic heterocycles. The SMILES string of the molecule is O=c1c2ccccc2c(-c2nc(-c3ccncc3)no2)cn1-c1ccc(F)cc1. The van der Waals surface area contributed by atoms with E-state index >= 15 is 0 Å². The van der Waals surface area contributed by atoms with Crippen molar-refractivity contribution in [3.05, 3.63) is 95.4 Å². The van der Waals surface area contributed by atoms with E-state index in [-0.39, 0.29) is 17.3 Å². The van der Waals surface area contributed by atoms with Crippen LogP contribution in [0.3, 0.4) is 0 Å². The molecule has 7 heteroatoms. The molecule has 0 aliphatic rings. The first-order chi connectivity index (χ1) is 14.2. The molecule has 3 aromatic heterocycles. The topological polar surface area (TPSA) is 73.8 Å². The summed E-state index contributed by atoms with van der Waals surface area (Å²) in [6, 6.07) is 16.5. The lowest BCUT2D eigenvalue weighted by atomic mass is 10.1. The molecule has 5 rings (SSSR count). The highest BCUT2D eigenvalue weighted by Crippen LogP contribution is 2.28. The summed E-state index contributed by atoms with van der Waals surface area (Å²) >= 11 is 0. The van der Waals surface area contributed by atoms with Gasteiger partial charge in [-0.3, -0.25) is 14.3 Å². The van der Waals surface area contributed by atoms with Gasteiger partial charge in [-0.2, -0.15) is 4.98 Å². The first-order valence-corrected chi connectivity index (χ1v) is 8.85. The zero-order valence-electron chi connectivity index (χ0n) is 15.0. The molecule has 0 unspecified atom stereocenters. The monoisotopic (exact) mass is 384 g/mol. The molecule has 0 spiro atoms. The first kappa shape index (κ1) is 17.0. The van der Waals surface area contributed by atoms with Crippen LogP contribution in [0.15, 0.2) is 88.6 Å². The summed E-state index contributed by atoms with van der Waals surface area (Å²) in [6.45, 7) is 0. The standard InChI is InChI=1S/C22H13FN4O2/c23-15-5-7-16(8-6-15)27-13-19(17-3-1-2-4-18(17)22(27)28)21-25-20(26-29-21)14-9-11-24-12-10-14/h1-13H. The second-order valence-corrected chi connectivity index (χ2v) is 6.40. The van der Waals surface area contributed by atoms with Crippen LogP contribution in [0.1, 0.15) is 0 Å². The van der Waals surface area contributed by atoms with Gasteiger partial charge < -0.3 is 4.52 Å². The smallest absolute Gasteiger partial charge is 0.262 e. The van der Waals surface area contributed by atoms with Crippen molar-refractivity contribution < 1.29 is 8.91 Å². The third-order valence-electron chi connectivity index (χ3n) is 4.62. The summed E-state index contributed by atoms with van der Waals surface area (Å²) in [5.41, 5.74) is 1.70. The van der Waals surface area contributed by atoms with Crippen LogP contribution in [0, 0.1) is 5.82 Å². The lowest BCUT2D eigenvalue weighted by Crippen LogP contribution is -2.18. The van der Waals surface area contributed by atoms with Crippen molar-refractivity contribution in [1.29, 1.82) is 0 Å². The number of nitrogens with zero attached hydrogens (tertiary/aromatic N) is 4. The Morgan fingerprint density at radius 1 is 0.897 bits per heavy atom. The van der Waals surface area contributed by atoms with E-state index in [1.54, 1.807) is 55.0 Å². The fourth-order valence-corrected chi connectivity index (χ4v) is 3.21. The second kappa shape index (κ2) is 6.79. The average molecular weight is 384 g/mol. The van der Waals surface area contributed by atoms with Gasteiger partial charge in [-0.1, -0.05) is 23.4 Å². The highest BCUT2D eigenvalue weighted by atomic mass is 19.1. The summed E-state index contributed by atoms with van der Waals surface area (Å²) in [6.07, 6.45) is 4.94. The normalized spacial score (nSPS) is 11.1. The van der Waals surface area contributed by atoms with Gasteiger partial charge in [-0.15, -0.1) is 0 Å². The average Bonchev–Trinajstić information content (AvgIpc) is 3.26. The van der Waals surface area contributed by atoms with E-state index in [0.717, 1.165) is 5.56 Å². The maximum absolute atomic E-state index is 13.3. The van der Waals surface area contributed by atoms with E-state index in [1.165, 1.54) is 16.7 Å². The number of rotatable bonds is 3. The van der Waals surface area contributed by atoms with E-state index in [1.807, 2.05) is 12.1 Å². The molecule has 29 heavy (non-hydrogen) atoms. The Morgan fingerprint density at radius 2 is 1.62 bits per heavy atom.